The highest BCUT2D eigenvalue weighted by atomic mass is 35.5. The number of hydroxylamine groups is 1. The van der Waals surface area contributed by atoms with E-state index in [1.165, 1.54) is 17.6 Å². The molecular weight excluding hydrogens is 442 g/mol. The van der Waals surface area contributed by atoms with E-state index in [2.05, 4.69) is 10.0 Å². The van der Waals surface area contributed by atoms with Crippen molar-refractivity contribution in [2.45, 2.75) is 37.6 Å². The van der Waals surface area contributed by atoms with Crippen molar-refractivity contribution >= 4 is 33.4 Å². The number of carbonyl (C=O) groups is 2. The van der Waals surface area contributed by atoms with E-state index in [0.29, 0.717) is 11.4 Å². The summed E-state index contributed by atoms with van der Waals surface area (Å²) in [5, 5.41) is 11.6. The Morgan fingerprint density at radius 2 is 1.58 bits per heavy atom. The summed E-state index contributed by atoms with van der Waals surface area (Å²) in [4.78, 5) is 23.7. The summed E-state index contributed by atoms with van der Waals surface area (Å²) < 4.78 is 28.2. The molecule has 0 aliphatic carbocycles. The molecule has 0 heterocycles. The van der Waals surface area contributed by atoms with Gasteiger partial charge in [0.25, 0.3) is 0 Å². The maximum Gasteiger partial charge on any atom is 0.245 e. The third-order valence-electron chi connectivity index (χ3n) is 4.90. The first-order valence-corrected chi connectivity index (χ1v) is 11.6. The third kappa shape index (κ3) is 7.03. The van der Waals surface area contributed by atoms with Crippen molar-refractivity contribution in [3.05, 3.63) is 53.6 Å². The Morgan fingerprint density at radius 3 is 2.10 bits per heavy atom. The second-order valence-corrected chi connectivity index (χ2v) is 9.24. The van der Waals surface area contributed by atoms with Gasteiger partial charge in [-0.3, -0.25) is 14.8 Å². The molecule has 0 radical (unpaired) electrons. The number of hydrogen-bond acceptors (Lipinski definition) is 5. The molecule has 0 bridgehead atoms. The number of benzene rings is 2. The predicted octanol–water partition coefficient (Wildman–Crippen LogP) is 2.71. The van der Waals surface area contributed by atoms with Crippen LogP contribution in [-0.2, 0) is 19.6 Å². The molecule has 0 spiro atoms. The molecule has 0 fully saturated rings. The van der Waals surface area contributed by atoms with Crippen LogP contribution >= 0.6 is 11.6 Å². The number of hydrogen-bond donors (Lipinski definition) is 4. The molecule has 31 heavy (non-hydrogen) atoms. The minimum atomic E-state index is -3.96. The normalized spacial score (nSPS) is 13.3. The van der Waals surface area contributed by atoms with E-state index in [1.54, 1.807) is 31.2 Å². The number of carbonyl (C=O) groups excluding carboxylic acids is 2. The van der Waals surface area contributed by atoms with Crippen molar-refractivity contribution < 1.29 is 23.2 Å². The first-order valence-electron chi connectivity index (χ1n) is 9.77. The number of amides is 2. The molecule has 10 heteroatoms. The minimum absolute atomic E-state index is 0.0321. The Morgan fingerprint density at radius 1 is 1.03 bits per heavy atom. The van der Waals surface area contributed by atoms with Crippen molar-refractivity contribution in [2.75, 3.05) is 6.54 Å². The minimum Gasteiger partial charge on any atom is -0.354 e. The Hall–Kier alpha value is -2.46. The fourth-order valence-corrected chi connectivity index (χ4v) is 4.26. The molecule has 2 atom stereocenters. The molecule has 0 aliphatic heterocycles. The van der Waals surface area contributed by atoms with Crippen LogP contribution in [0.1, 0.15) is 26.7 Å². The monoisotopic (exact) mass is 467 g/mol. The maximum absolute atomic E-state index is 12.9. The summed E-state index contributed by atoms with van der Waals surface area (Å²) in [6.07, 6.45) is 0.432. The van der Waals surface area contributed by atoms with E-state index in [0.717, 1.165) is 11.1 Å². The van der Waals surface area contributed by atoms with Crippen molar-refractivity contribution in [1.29, 1.82) is 0 Å². The lowest BCUT2D eigenvalue weighted by Gasteiger charge is -2.23. The van der Waals surface area contributed by atoms with Gasteiger partial charge >= 0.3 is 0 Å². The van der Waals surface area contributed by atoms with Crippen LogP contribution in [0.5, 0.6) is 0 Å². The van der Waals surface area contributed by atoms with Gasteiger partial charge in [0.15, 0.2) is 0 Å². The molecule has 8 nitrogen and oxygen atoms in total. The average molecular weight is 468 g/mol. The molecule has 0 saturated heterocycles. The highest BCUT2D eigenvalue weighted by Gasteiger charge is 2.29. The lowest BCUT2D eigenvalue weighted by Crippen LogP contribution is -2.50. The van der Waals surface area contributed by atoms with Gasteiger partial charge in [-0.15, -0.1) is 0 Å². The molecule has 2 rings (SSSR count). The number of nitrogens with one attached hydrogen (secondary N) is 3. The van der Waals surface area contributed by atoms with Gasteiger partial charge in [-0.25, -0.2) is 13.9 Å². The highest BCUT2D eigenvalue weighted by molar-refractivity contribution is 7.89. The number of sulfonamides is 1. The van der Waals surface area contributed by atoms with Gasteiger partial charge < -0.3 is 5.32 Å². The summed E-state index contributed by atoms with van der Waals surface area (Å²) >= 11 is 5.90. The van der Waals surface area contributed by atoms with E-state index >= 15 is 0 Å². The summed E-state index contributed by atoms with van der Waals surface area (Å²) in [5.41, 5.74) is 3.19. The summed E-state index contributed by atoms with van der Waals surface area (Å²) in [6, 6.07) is 12.5. The van der Waals surface area contributed by atoms with Gasteiger partial charge in [-0.1, -0.05) is 56.1 Å². The van der Waals surface area contributed by atoms with E-state index < -0.39 is 27.9 Å². The Bertz CT molecular complexity index is 995. The third-order valence-corrected chi connectivity index (χ3v) is 6.60. The van der Waals surface area contributed by atoms with Crippen LogP contribution in [-0.4, -0.2) is 38.0 Å². The van der Waals surface area contributed by atoms with Crippen molar-refractivity contribution in [1.82, 2.24) is 15.5 Å². The highest BCUT2D eigenvalue weighted by Crippen LogP contribution is 2.23. The first-order chi connectivity index (χ1) is 14.7. The van der Waals surface area contributed by atoms with Gasteiger partial charge in [-0.2, -0.15) is 4.72 Å². The zero-order valence-corrected chi connectivity index (χ0v) is 18.8. The van der Waals surface area contributed by atoms with Crippen LogP contribution in [0.3, 0.4) is 0 Å². The van der Waals surface area contributed by atoms with E-state index in [-0.39, 0.29) is 23.8 Å². The molecule has 168 valence electrons. The summed E-state index contributed by atoms with van der Waals surface area (Å²) in [7, 11) is -3.96. The van der Waals surface area contributed by atoms with Gasteiger partial charge in [0.05, 0.1) is 4.90 Å². The van der Waals surface area contributed by atoms with E-state index in [1.807, 2.05) is 19.1 Å². The van der Waals surface area contributed by atoms with Crippen LogP contribution < -0.4 is 15.5 Å². The first kappa shape index (κ1) is 24.8. The maximum atomic E-state index is 12.9. The second kappa shape index (κ2) is 11.2. The molecule has 4 N–H and O–H groups in total. The van der Waals surface area contributed by atoms with Crippen LogP contribution in [0.15, 0.2) is 53.4 Å². The lowest BCUT2D eigenvalue weighted by molar-refractivity contribution is -0.129. The predicted molar refractivity (Wildman–Crippen MR) is 118 cm³/mol. The zero-order chi connectivity index (χ0) is 23.0. The topological polar surface area (TPSA) is 125 Å². The van der Waals surface area contributed by atoms with Crippen molar-refractivity contribution in [2.24, 2.45) is 5.92 Å². The van der Waals surface area contributed by atoms with Gasteiger partial charge in [0.1, 0.15) is 6.04 Å². The largest absolute Gasteiger partial charge is 0.354 e. The Balaban J connectivity index is 2.14. The molecule has 0 unspecified atom stereocenters. The van der Waals surface area contributed by atoms with E-state index in [4.69, 9.17) is 16.8 Å². The smallest absolute Gasteiger partial charge is 0.245 e. The molecule has 2 aromatic rings. The van der Waals surface area contributed by atoms with Crippen LogP contribution in [0.25, 0.3) is 11.1 Å². The van der Waals surface area contributed by atoms with Crippen molar-refractivity contribution in [3.8, 4) is 11.1 Å². The Labute approximate surface area is 187 Å². The molecule has 0 saturated carbocycles. The van der Waals surface area contributed by atoms with Gasteiger partial charge in [0, 0.05) is 18.0 Å². The molecule has 2 aromatic carbocycles. The standard InChI is InChI=1S/C21H26ClN3O5S/c1-3-14(2)20(21(27)23-13-12-19(26)24-28)25-31(29,30)18-10-6-16(7-11-18)15-4-8-17(22)9-5-15/h4-11,14,20,25,28H,3,12-13H2,1-2H3,(H,23,27)(H,24,26)/t14-,20-/m0/s1. The zero-order valence-electron chi connectivity index (χ0n) is 17.3. The van der Waals surface area contributed by atoms with Crippen LogP contribution in [0.4, 0.5) is 0 Å². The molecular formula is C21H26ClN3O5S. The molecule has 0 aliphatic rings. The second-order valence-electron chi connectivity index (χ2n) is 7.09. The Kier molecular flexibility index (Phi) is 9.00. The van der Waals surface area contributed by atoms with Gasteiger partial charge in [0.2, 0.25) is 21.8 Å². The fourth-order valence-electron chi connectivity index (χ4n) is 2.83. The quantitative estimate of drug-likeness (QED) is 0.316. The number of rotatable bonds is 10. The summed E-state index contributed by atoms with van der Waals surface area (Å²) in [5.74, 6) is -1.47. The summed E-state index contributed by atoms with van der Waals surface area (Å²) in [6.45, 7) is 3.58. The van der Waals surface area contributed by atoms with Crippen LogP contribution in [0, 0.1) is 5.92 Å². The fraction of sp³-hybridized carbons (Fsp3) is 0.333. The van der Waals surface area contributed by atoms with Crippen molar-refractivity contribution in [3.63, 3.8) is 0 Å². The lowest BCUT2D eigenvalue weighted by atomic mass is 9.99. The SMILES string of the molecule is CC[C@H](C)[C@H](NS(=O)(=O)c1ccc(-c2ccc(Cl)cc2)cc1)C(=O)NCCC(=O)NO. The van der Waals surface area contributed by atoms with Gasteiger partial charge in [-0.05, 0) is 41.3 Å². The average Bonchev–Trinajstić information content (AvgIpc) is 2.77. The molecule has 2 amide bonds. The van der Waals surface area contributed by atoms with E-state index in [9.17, 15) is 18.0 Å². The molecule has 0 aromatic heterocycles. The number of halogens is 1. The van der Waals surface area contributed by atoms with Crippen LogP contribution in [0.2, 0.25) is 5.02 Å².